The molecule has 41 heavy (non-hydrogen) atoms. The van der Waals surface area contributed by atoms with Crippen LogP contribution in [0.4, 0.5) is 11.4 Å². The minimum Gasteiger partial charge on any atom is -0.354 e. The topological polar surface area (TPSA) is 85.9 Å². The molecule has 1 aliphatic heterocycles. The third-order valence-corrected chi connectivity index (χ3v) is 8.90. The summed E-state index contributed by atoms with van der Waals surface area (Å²) in [6, 6.07) is 18.3. The highest BCUT2D eigenvalue weighted by Gasteiger charge is 2.18. The van der Waals surface area contributed by atoms with E-state index in [2.05, 4.69) is 56.4 Å². The van der Waals surface area contributed by atoms with Crippen molar-refractivity contribution in [3.8, 4) is 17.3 Å². The van der Waals surface area contributed by atoms with Crippen LogP contribution < -0.4 is 5.32 Å². The summed E-state index contributed by atoms with van der Waals surface area (Å²) in [4.78, 5) is 19.5. The molecule has 5 aromatic rings. The second kappa shape index (κ2) is 11.9. The molecule has 6 rings (SSSR count). The lowest BCUT2D eigenvalue weighted by Gasteiger charge is -2.32. The third kappa shape index (κ3) is 5.92. The zero-order chi connectivity index (χ0) is 28.3. The number of nitrogens with zero attached hydrogens (tertiary/aromatic N) is 7. The highest BCUT2D eigenvalue weighted by atomic mass is 35.5. The largest absolute Gasteiger partial charge is 0.354 e. The molecule has 0 saturated carbocycles. The number of fused-ring (bicyclic) bond motifs is 1. The maximum absolute atomic E-state index is 9.88. The number of benzene rings is 2. The van der Waals surface area contributed by atoms with E-state index in [0.717, 1.165) is 70.6 Å². The van der Waals surface area contributed by atoms with Gasteiger partial charge in [0.05, 0.1) is 27.5 Å². The number of aryl methyl sites for hydroxylation is 1. The van der Waals surface area contributed by atoms with E-state index in [-0.39, 0.29) is 0 Å². The van der Waals surface area contributed by atoms with E-state index in [1.54, 1.807) is 12.4 Å². The second-order valence-corrected chi connectivity index (χ2v) is 11.6. The molecular formula is C31H29ClN8S. The number of hydrogen-bond donors (Lipinski definition) is 1. The molecule has 0 radical (unpaired) electrons. The molecule has 10 heteroatoms. The Hall–Kier alpha value is -3.94. The molecule has 3 aromatic heterocycles. The van der Waals surface area contributed by atoms with Crippen molar-refractivity contribution in [1.29, 1.82) is 5.26 Å². The molecule has 1 fully saturated rings. The summed E-state index contributed by atoms with van der Waals surface area (Å²) in [5.41, 5.74) is 5.89. The third-order valence-electron chi connectivity index (χ3n) is 7.32. The fraction of sp³-hybridized carbons (Fsp3) is 0.226. The Morgan fingerprint density at radius 2 is 1.85 bits per heavy atom. The average molecular weight is 581 g/mol. The number of nitriles is 1. The van der Waals surface area contributed by atoms with E-state index >= 15 is 0 Å². The molecule has 0 bridgehead atoms. The molecule has 206 valence electrons. The number of imidazole rings is 1. The number of nitrogens with one attached hydrogen (secondary N) is 1. The molecule has 0 spiro atoms. The zero-order valence-corrected chi connectivity index (χ0v) is 24.5. The Kier molecular flexibility index (Phi) is 7.90. The van der Waals surface area contributed by atoms with E-state index in [0.29, 0.717) is 16.3 Å². The Balaban J connectivity index is 1.29. The molecule has 2 aromatic carbocycles. The lowest BCUT2D eigenvalue weighted by atomic mass is 10.0. The fourth-order valence-corrected chi connectivity index (χ4v) is 6.09. The molecule has 0 amide bonds. The highest BCUT2D eigenvalue weighted by Crippen LogP contribution is 2.37. The van der Waals surface area contributed by atoms with Gasteiger partial charge in [-0.25, -0.2) is 4.98 Å². The molecule has 0 aliphatic carbocycles. The molecule has 0 unspecified atom stereocenters. The van der Waals surface area contributed by atoms with Gasteiger partial charge in [0.25, 0.3) is 0 Å². The van der Waals surface area contributed by atoms with Crippen LogP contribution in [0, 0.1) is 11.3 Å². The molecule has 4 heterocycles. The average Bonchev–Trinajstić information content (AvgIpc) is 3.39. The first-order valence-electron chi connectivity index (χ1n) is 13.4. The summed E-state index contributed by atoms with van der Waals surface area (Å²) in [7, 11) is 4.12. The molecule has 8 nitrogen and oxygen atoms in total. The molecule has 1 aliphatic rings. The molecule has 0 atom stereocenters. The SMILES string of the molecule is CN1CCN(Cc2cccnc2-c2ccc3c(Nc4ccc(Sc5nccn5C)c(Cl)c4)c(C#N)cnc3c2)CC1. The Labute approximate surface area is 248 Å². The second-order valence-electron chi connectivity index (χ2n) is 10.2. The van der Waals surface area contributed by atoms with Gasteiger partial charge in [-0.15, -0.1) is 0 Å². The summed E-state index contributed by atoms with van der Waals surface area (Å²) in [6.07, 6.45) is 7.12. The summed E-state index contributed by atoms with van der Waals surface area (Å²) in [6.45, 7) is 5.09. The molecule has 1 saturated heterocycles. The number of piperazine rings is 1. The van der Waals surface area contributed by atoms with Gasteiger partial charge in [0, 0.05) is 86.1 Å². The predicted molar refractivity (Wildman–Crippen MR) is 165 cm³/mol. The van der Waals surface area contributed by atoms with Gasteiger partial charge in [0.1, 0.15) is 6.07 Å². The van der Waals surface area contributed by atoms with Crippen molar-refractivity contribution < 1.29 is 0 Å². The quantitative estimate of drug-likeness (QED) is 0.244. The Morgan fingerprint density at radius 1 is 1.00 bits per heavy atom. The minimum absolute atomic E-state index is 0.460. The van der Waals surface area contributed by atoms with E-state index in [9.17, 15) is 5.26 Å². The van der Waals surface area contributed by atoms with Crippen LogP contribution in [-0.4, -0.2) is 62.5 Å². The van der Waals surface area contributed by atoms with E-state index < -0.39 is 0 Å². The summed E-state index contributed by atoms with van der Waals surface area (Å²) >= 11 is 8.15. The normalized spacial score (nSPS) is 14.3. The first-order chi connectivity index (χ1) is 20.0. The lowest BCUT2D eigenvalue weighted by Crippen LogP contribution is -2.43. The first-order valence-corrected chi connectivity index (χ1v) is 14.6. The monoisotopic (exact) mass is 580 g/mol. The van der Waals surface area contributed by atoms with Crippen molar-refractivity contribution in [1.82, 2.24) is 29.3 Å². The fourth-order valence-electron chi connectivity index (χ4n) is 4.99. The van der Waals surface area contributed by atoms with Gasteiger partial charge in [0.2, 0.25) is 0 Å². The van der Waals surface area contributed by atoms with Crippen LogP contribution in [0.2, 0.25) is 5.02 Å². The van der Waals surface area contributed by atoms with E-state index in [1.807, 2.05) is 54.3 Å². The number of likely N-dealkylation sites (N-methyl/N-ethyl adjacent to an activating group) is 1. The summed E-state index contributed by atoms with van der Waals surface area (Å²) < 4.78 is 1.95. The van der Waals surface area contributed by atoms with E-state index in [4.69, 9.17) is 16.6 Å². The van der Waals surface area contributed by atoms with Crippen molar-refractivity contribution in [3.63, 3.8) is 0 Å². The number of hydrogen-bond acceptors (Lipinski definition) is 8. The van der Waals surface area contributed by atoms with Crippen LogP contribution in [0.25, 0.3) is 22.2 Å². The maximum Gasteiger partial charge on any atom is 0.172 e. The van der Waals surface area contributed by atoms with Gasteiger partial charge >= 0.3 is 0 Å². The summed E-state index contributed by atoms with van der Waals surface area (Å²) in [5.74, 6) is 0. The van der Waals surface area contributed by atoms with Crippen LogP contribution in [0.1, 0.15) is 11.1 Å². The van der Waals surface area contributed by atoms with Gasteiger partial charge in [-0.05, 0) is 49.0 Å². The van der Waals surface area contributed by atoms with Crippen molar-refractivity contribution in [2.24, 2.45) is 7.05 Å². The smallest absolute Gasteiger partial charge is 0.172 e. The van der Waals surface area contributed by atoms with Gasteiger partial charge in [-0.2, -0.15) is 5.26 Å². The number of aromatic nitrogens is 4. The lowest BCUT2D eigenvalue weighted by molar-refractivity contribution is 0.148. The van der Waals surface area contributed by atoms with Crippen LogP contribution in [0.5, 0.6) is 0 Å². The number of anilines is 2. The zero-order valence-electron chi connectivity index (χ0n) is 22.9. The van der Waals surface area contributed by atoms with Crippen molar-refractivity contribution in [3.05, 3.63) is 89.5 Å². The molecule has 1 N–H and O–H groups in total. The number of rotatable bonds is 7. The Bertz CT molecular complexity index is 1750. The maximum atomic E-state index is 9.88. The standard InChI is InChI=1S/C31H29ClN8S/c1-38-12-14-40(15-13-38)20-22-4-3-9-34-29(22)21-5-7-25-27(16-21)36-19-23(18-33)30(25)37-24-6-8-28(26(32)17-24)41-31-35-10-11-39(31)2/h3-11,16-17,19H,12-15,20H2,1-2H3,(H,36,37). The van der Waals surface area contributed by atoms with Crippen molar-refractivity contribution in [2.75, 3.05) is 38.5 Å². The number of pyridine rings is 2. The van der Waals surface area contributed by atoms with Gasteiger partial charge in [-0.3, -0.25) is 14.9 Å². The highest BCUT2D eigenvalue weighted by molar-refractivity contribution is 7.99. The van der Waals surface area contributed by atoms with Crippen LogP contribution in [0.15, 0.2) is 83.4 Å². The molecular weight excluding hydrogens is 552 g/mol. The summed E-state index contributed by atoms with van der Waals surface area (Å²) in [5, 5.41) is 15.6. The van der Waals surface area contributed by atoms with Gasteiger partial charge < -0.3 is 14.8 Å². The minimum atomic E-state index is 0.460. The van der Waals surface area contributed by atoms with Gasteiger partial charge in [0.15, 0.2) is 5.16 Å². The van der Waals surface area contributed by atoms with Crippen LogP contribution in [-0.2, 0) is 13.6 Å². The van der Waals surface area contributed by atoms with Crippen molar-refractivity contribution >= 4 is 45.6 Å². The van der Waals surface area contributed by atoms with E-state index in [1.165, 1.54) is 17.3 Å². The predicted octanol–water partition coefficient (Wildman–Crippen LogP) is 6.20. The number of halogens is 1. The van der Waals surface area contributed by atoms with Gasteiger partial charge in [-0.1, -0.05) is 35.5 Å². The van der Waals surface area contributed by atoms with Crippen molar-refractivity contribution in [2.45, 2.75) is 16.6 Å². The van der Waals surface area contributed by atoms with Crippen LogP contribution >= 0.6 is 23.4 Å². The first kappa shape index (κ1) is 27.2. The Morgan fingerprint density at radius 3 is 2.61 bits per heavy atom. The van der Waals surface area contributed by atoms with Crippen LogP contribution in [0.3, 0.4) is 0 Å².